The molecule has 146 valence electrons. The average molecular weight is 393 g/mol. The van der Waals surface area contributed by atoms with Crippen LogP contribution in [0.15, 0.2) is 0 Å². The molecule has 3 N–H and O–H groups in total. The summed E-state index contributed by atoms with van der Waals surface area (Å²) < 4.78 is 29.4. The smallest absolute Gasteiger partial charge is 0.328 e. The zero-order valence-corrected chi connectivity index (χ0v) is 15.2. The largest absolute Gasteiger partial charge is 0.481 e. The molecular formula is C16H32MgO7S. The van der Waals surface area contributed by atoms with E-state index in [-0.39, 0.29) is 29.5 Å². The molecule has 0 spiro atoms. The Bertz CT molecular complexity index is 493. The molecule has 0 saturated heterocycles. The molecule has 0 aliphatic carbocycles. The lowest BCUT2D eigenvalue weighted by Crippen LogP contribution is -2.48. The maximum absolute atomic E-state index is 11.4. The lowest BCUT2D eigenvalue weighted by molar-refractivity contribution is -0.147. The summed E-state index contributed by atoms with van der Waals surface area (Å²) in [4.78, 5) is 22.1. The van der Waals surface area contributed by atoms with Gasteiger partial charge in [0, 0.05) is 0 Å². The Hall–Kier alpha value is -0.384. The predicted molar refractivity (Wildman–Crippen MR) is 99.2 cm³/mol. The number of aliphatic carboxylic acids is 2. The first-order valence-electron chi connectivity index (χ1n) is 8.59. The van der Waals surface area contributed by atoms with Crippen molar-refractivity contribution in [1.82, 2.24) is 0 Å². The summed E-state index contributed by atoms with van der Waals surface area (Å²) in [5.74, 6) is -3.38. The fraction of sp³-hybridized carbons (Fsp3) is 0.875. The van der Waals surface area contributed by atoms with E-state index in [2.05, 4.69) is 6.92 Å². The Kier molecular flexibility index (Phi) is 14.8. The predicted octanol–water partition coefficient (Wildman–Crippen LogP) is 2.57. The third-order valence-electron chi connectivity index (χ3n) is 4.25. The Labute approximate surface area is 166 Å². The number of carbonyl (C=O) groups is 2. The van der Waals surface area contributed by atoms with Gasteiger partial charge in [0.2, 0.25) is 4.75 Å². The minimum Gasteiger partial charge on any atom is -0.481 e. The van der Waals surface area contributed by atoms with Crippen LogP contribution >= 0.6 is 0 Å². The fourth-order valence-corrected chi connectivity index (χ4v) is 3.67. The molecule has 25 heavy (non-hydrogen) atoms. The molecule has 7 nitrogen and oxygen atoms in total. The van der Waals surface area contributed by atoms with Crippen LogP contribution in [0.3, 0.4) is 0 Å². The number of hydrogen-bond acceptors (Lipinski definition) is 4. The van der Waals surface area contributed by atoms with E-state index in [0.29, 0.717) is 6.42 Å². The minimum absolute atomic E-state index is 0. The molecule has 0 aromatic rings. The minimum atomic E-state index is -5.01. The van der Waals surface area contributed by atoms with Crippen LogP contribution in [0.25, 0.3) is 0 Å². The van der Waals surface area contributed by atoms with Gasteiger partial charge in [-0.25, -0.2) is 0 Å². The zero-order chi connectivity index (χ0) is 18.6. The Morgan fingerprint density at radius 1 is 0.840 bits per heavy atom. The van der Waals surface area contributed by atoms with Crippen LogP contribution in [0, 0.1) is 0 Å². The fourth-order valence-electron chi connectivity index (χ4n) is 2.74. The molecule has 0 saturated carbocycles. The van der Waals surface area contributed by atoms with Gasteiger partial charge in [-0.15, -0.1) is 0 Å². The SMILES string of the molecule is CCCCCCCCCCCCC(CC(=O)O)(C(=O)O)S(=O)(=O)O.[MgH2]. The van der Waals surface area contributed by atoms with E-state index in [0.717, 1.165) is 25.7 Å². The van der Waals surface area contributed by atoms with Gasteiger partial charge < -0.3 is 10.2 Å². The summed E-state index contributed by atoms with van der Waals surface area (Å²) in [6.07, 6.45) is 8.27. The van der Waals surface area contributed by atoms with Crippen molar-refractivity contribution in [2.45, 2.75) is 88.7 Å². The van der Waals surface area contributed by atoms with E-state index in [1.54, 1.807) is 0 Å². The second kappa shape index (κ2) is 13.8. The maximum atomic E-state index is 11.4. The normalized spacial score (nSPS) is 13.7. The number of carboxylic acid groups (broad SMARTS) is 2. The summed E-state index contributed by atoms with van der Waals surface area (Å²) >= 11 is 0. The van der Waals surface area contributed by atoms with E-state index in [1.165, 1.54) is 25.7 Å². The van der Waals surface area contributed by atoms with Gasteiger partial charge in [0.15, 0.2) is 0 Å². The highest BCUT2D eigenvalue weighted by Crippen LogP contribution is 2.29. The van der Waals surface area contributed by atoms with Gasteiger partial charge in [-0.2, -0.15) is 8.42 Å². The summed E-state index contributed by atoms with van der Waals surface area (Å²) in [7, 11) is -5.01. The number of hydrogen-bond donors (Lipinski definition) is 3. The van der Waals surface area contributed by atoms with E-state index in [9.17, 15) is 22.6 Å². The van der Waals surface area contributed by atoms with E-state index in [1.807, 2.05) is 0 Å². The average Bonchev–Trinajstić information content (AvgIpc) is 2.46. The number of rotatable bonds is 15. The molecule has 0 heterocycles. The van der Waals surface area contributed by atoms with Crippen LogP contribution in [-0.2, 0) is 19.7 Å². The molecule has 0 rings (SSSR count). The van der Waals surface area contributed by atoms with Gasteiger partial charge in [0.05, 0.1) is 6.42 Å². The molecule has 0 amide bonds. The lowest BCUT2D eigenvalue weighted by atomic mass is 9.96. The molecule has 0 radical (unpaired) electrons. The van der Waals surface area contributed by atoms with E-state index >= 15 is 0 Å². The van der Waals surface area contributed by atoms with Gasteiger partial charge in [-0.1, -0.05) is 71.1 Å². The molecular weight excluding hydrogens is 361 g/mol. The Morgan fingerprint density at radius 2 is 1.24 bits per heavy atom. The third kappa shape index (κ3) is 10.4. The summed E-state index contributed by atoms with van der Waals surface area (Å²) in [6.45, 7) is 2.16. The summed E-state index contributed by atoms with van der Waals surface area (Å²) in [6, 6.07) is 0. The van der Waals surface area contributed by atoms with Crippen molar-refractivity contribution >= 4 is 45.1 Å². The first kappa shape index (κ1) is 26.8. The van der Waals surface area contributed by atoms with Crippen molar-refractivity contribution < 1.29 is 32.8 Å². The Balaban J connectivity index is 0. The van der Waals surface area contributed by atoms with Gasteiger partial charge in [-0.05, 0) is 6.42 Å². The van der Waals surface area contributed by atoms with Crippen molar-refractivity contribution in [1.29, 1.82) is 0 Å². The molecule has 0 fully saturated rings. The molecule has 0 aliphatic heterocycles. The van der Waals surface area contributed by atoms with Crippen molar-refractivity contribution in [3.63, 3.8) is 0 Å². The molecule has 1 atom stereocenters. The molecule has 0 aromatic heterocycles. The van der Waals surface area contributed by atoms with Crippen molar-refractivity contribution in [2.75, 3.05) is 0 Å². The highest BCUT2D eigenvalue weighted by Gasteiger charge is 2.51. The molecule has 9 heteroatoms. The summed E-state index contributed by atoms with van der Waals surface area (Å²) in [5.41, 5.74) is 0. The highest BCUT2D eigenvalue weighted by atomic mass is 32.2. The molecule has 0 bridgehead atoms. The van der Waals surface area contributed by atoms with Crippen LogP contribution in [0.1, 0.15) is 84.0 Å². The second-order valence-corrected chi connectivity index (χ2v) is 8.01. The van der Waals surface area contributed by atoms with Gasteiger partial charge >= 0.3 is 35.0 Å². The second-order valence-electron chi connectivity index (χ2n) is 6.28. The Morgan fingerprint density at radius 3 is 1.56 bits per heavy atom. The topological polar surface area (TPSA) is 129 Å². The molecule has 0 aliphatic rings. The van der Waals surface area contributed by atoms with Crippen LogP contribution < -0.4 is 0 Å². The van der Waals surface area contributed by atoms with Crippen molar-refractivity contribution in [2.24, 2.45) is 0 Å². The first-order valence-corrected chi connectivity index (χ1v) is 10.0. The lowest BCUT2D eigenvalue weighted by Gasteiger charge is -2.24. The van der Waals surface area contributed by atoms with E-state index in [4.69, 9.17) is 10.2 Å². The standard InChI is InChI=1S/C16H30O7S.Mg.2H/c1-2-3-4-5-6-7-8-9-10-11-12-16(15(19)20,13-14(17)18)24(21,22)23;;;/h2-13H2,1H3,(H,17,18)(H,19,20)(H,21,22,23);;;. The van der Waals surface area contributed by atoms with Crippen molar-refractivity contribution in [3.8, 4) is 0 Å². The first-order chi connectivity index (χ1) is 11.2. The van der Waals surface area contributed by atoms with Crippen molar-refractivity contribution in [3.05, 3.63) is 0 Å². The van der Waals surface area contributed by atoms with Gasteiger partial charge in [0.1, 0.15) is 0 Å². The quantitative estimate of drug-likeness (QED) is 0.222. The van der Waals surface area contributed by atoms with E-state index < -0.39 is 39.6 Å². The summed E-state index contributed by atoms with van der Waals surface area (Å²) in [5, 5.41) is 17.9. The van der Waals surface area contributed by atoms with Crippen LogP contribution in [0.4, 0.5) is 0 Å². The zero-order valence-electron chi connectivity index (χ0n) is 14.4. The maximum Gasteiger partial charge on any atom is 0.328 e. The van der Waals surface area contributed by atoms with Crippen LogP contribution in [0.2, 0.25) is 0 Å². The number of unbranched alkanes of at least 4 members (excludes halogenated alkanes) is 9. The monoisotopic (exact) mass is 392 g/mol. The molecule has 1 unspecified atom stereocenters. The van der Waals surface area contributed by atoms with Gasteiger partial charge in [-0.3, -0.25) is 14.1 Å². The van der Waals surface area contributed by atoms with Crippen LogP contribution in [-0.4, -0.2) is 62.9 Å². The molecule has 0 aromatic carbocycles. The number of carboxylic acids is 2. The van der Waals surface area contributed by atoms with Gasteiger partial charge in [0.25, 0.3) is 10.1 Å². The van der Waals surface area contributed by atoms with Crippen LogP contribution in [0.5, 0.6) is 0 Å². The third-order valence-corrected chi connectivity index (χ3v) is 5.77. The highest BCUT2D eigenvalue weighted by molar-refractivity contribution is 7.88.